The Morgan fingerprint density at radius 1 is 1.15 bits per heavy atom. The predicted octanol–water partition coefficient (Wildman–Crippen LogP) is -0.400. The molecular weight excluding hydrogens is 336 g/mol. The number of nitrogens with zero attached hydrogens (tertiary/aromatic N) is 7. The van der Waals surface area contributed by atoms with Crippen molar-refractivity contribution in [3.05, 3.63) is 59.9 Å². The van der Waals surface area contributed by atoms with Crippen LogP contribution < -0.4 is 5.73 Å². The monoisotopic (exact) mass is 352 g/mol. The molecule has 0 radical (unpaired) electrons. The number of benzene rings is 1. The zero-order valence-corrected chi connectivity index (χ0v) is 13.8. The maximum atomic E-state index is 13.2. The van der Waals surface area contributed by atoms with Gasteiger partial charge in [0.2, 0.25) is 0 Å². The van der Waals surface area contributed by atoms with Crippen LogP contribution in [-0.4, -0.2) is 53.0 Å². The van der Waals surface area contributed by atoms with Crippen LogP contribution in [-0.2, 0) is 17.9 Å². The maximum Gasteiger partial charge on any atom is 0.266 e. The molecule has 10 heteroatoms. The fourth-order valence-electron chi connectivity index (χ4n) is 3.15. The van der Waals surface area contributed by atoms with Crippen LogP contribution in [0.4, 0.5) is 0 Å². The molecule has 26 heavy (non-hydrogen) atoms. The average Bonchev–Trinajstić information content (AvgIpc) is 3.32. The Morgan fingerprint density at radius 2 is 1.96 bits per heavy atom. The van der Waals surface area contributed by atoms with E-state index in [0.29, 0.717) is 24.6 Å². The number of rotatable bonds is 4. The molecule has 2 aromatic heterocycles. The van der Waals surface area contributed by atoms with E-state index in [1.807, 2.05) is 30.3 Å². The summed E-state index contributed by atoms with van der Waals surface area (Å²) < 4.78 is 3.19. The van der Waals surface area contributed by atoms with Crippen molar-refractivity contribution in [2.75, 3.05) is 6.54 Å². The van der Waals surface area contributed by atoms with Crippen molar-refractivity contribution in [2.24, 2.45) is 5.73 Å². The number of carbonyl (C=O) groups excluding carboxylic acids is 2. The van der Waals surface area contributed by atoms with Gasteiger partial charge in [0.05, 0.1) is 12.7 Å². The van der Waals surface area contributed by atoms with Crippen molar-refractivity contribution in [3.8, 4) is 0 Å². The summed E-state index contributed by atoms with van der Waals surface area (Å²) in [6, 6.07) is 8.67. The highest BCUT2D eigenvalue weighted by Gasteiger charge is 2.32. The topological polar surface area (TPSA) is 125 Å². The van der Waals surface area contributed by atoms with Gasteiger partial charge in [0.1, 0.15) is 17.8 Å². The van der Waals surface area contributed by atoms with Gasteiger partial charge in [0.25, 0.3) is 11.8 Å². The van der Waals surface area contributed by atoms with Crippen molar-refractivity contribution in [2.45, 2.75) is 19.1 Å². The number of carbonyl (C=O) groups is 2. The lowest BCUT2D eigenvalue weighted by Crippen LogP contribution is -2.43. The summed E-state index contributed by atoms with van der Waals surface area (Å²) in [7, 11) is 0. The molecule has 0 saturated heterocycles. The van der Waals surface area contributed by atoms with Gasteiger partial charge >= 0.3 is 0 Å². The van der Waals surface area contributed by atoms with Gasteiger partial charge in [0, 0.05) is 13.1 Å². The highest BCUT2D eigenvalue weighted by atomic mass is 16.2. The van der Waals surface area contributed by atoms with Gasteiger partial charge in [-0.3, -0.25) is 9.59 Å². The van der Waals surface area contributed by atoms with Gasteiger partial charge in [-0.2, -0.15) is 0 Å². The van der Waals surface area contributed by atoms with Gasteiger partial charge in [-0.05, 0) is 16.0 Å². The quantitative estimate of drug-likeness (QED) is 0.681. The third-order valence-corrected chi connectivity index (χ3v) is 4.41. The van der Waals surface area contributed by atoms with Crippen LogP contribution in [0.3, 0.4) is 0 Å². The van der Waals surface area contributed by atoms with Gasteiger partial charge in [-0.25, -0.2) is 9.67 Å². The van der Waals surface area contributed by atoms with Gasteiger partial charge < -0.3 is 15.2 Å². The van der Waals surface area contributed by atoms with E-state index in [4.69, 9.17) is 5.73 Å². The Morgan fingerprint density at radius 3 is 2.65 bits per heavy atom. The molecule has 1 aromatic carbocycles. The summed E-state index contributed by atoms with van der Waals surface area (Å²) in [6.45, 7) is 1.18. The number of tetrazole rings is 1. The van der Waals surface area contributed by atoms with Crippen molar-refractivity contribution in [1.82, 2.24) is 34.7 Å². The first-order chi connectivity index (χ1) is 12.6. The molecule has 0 unspecified atom stereocenters. The summed E-state index contributed by atoms with van der Waals surface area (Å²) in [5.41, 5.74) is 6.50. The number of imidazole rings is 1. The van der Waals surface area contributed by atoms with Crippen molar-refractivity contribution in [1.29, 1.82) is 0 Å². The second-order valence-corrected chi connectivity index (χ2v) is 5.94. The molecule has 0 bridgehead atoms. The molecule has 3 heterocycles. The summed E-state index contributed by atoms with van der Waals surface area (Å²) in [5.74, 6) is -0.0420. The van der Waals surface area contributed by atoms with Crippen LogP contribution in [0, 0.1) is 0 Å². The Balaban J connectivity index is 1.64. The zero-order chi connectivity index (χ0) is 18.1. The van der Waals surface area contributed by atoms with E-state index in [0.717, 1.165) is 5.56 Å². The van der Waals surface area contributed by atoms with E-state index in [1.54, 1.807) is 9.47 Å². The smallest absolute Gasteiger partial charge is 0.266 e. The van der Waals surface area contributed by atoms with Crippen LogP contribution in [0.1, 0.15) is 27.9 Å². The molecular formula is C16H16N8O2. The predicted molar refractivity (Wildman–Crippen MR) is 88.6 cm³/mol. The largest absolute Gasteiger partial charge is 0.364 e. The lowest BCUT2D eigenvalue weighted by atomic mass is 10.1. The molecule has 1 aliphatic heterocycles. The van der Waals surface area contributed by atoms with Crippen molar-refractivity contribution in [3.63, 3.8) is 0 Å². The summed E-state index contributed by atoms with van der Waals surface area (Å²) in [5, 5.41) is 11.2. The lowest BCUT2D eigenvalue weighted by Gasteiger charge is -2.31. The second-order valence-electron chi connectivity index (χ2n) is 5.94. The van der Waals surface area contributed by atoms with E-state index in [9.17, 15) is 9.59 Å². The molecule has 10 nitrogen and oxygen atoms in total. The Hall–Kier alpha value is -3.56. The summed E-state index contributed by atoms with van der Waals surface area (Å²) in [6.07, 6.45) is 2.87. The molecule has 4 rings (SSSR count). The lowest BCUT2D eigenvalue weighted by molar-refractivity contribution is -0.135. The highest BCUT2D eigenvalue weighted by molar-refractivity contribution is 5.91. The normalized spacial score (nSPS) is 14.7. The minimum Gasteiger partial charge on any atom is -0.364 e. The first kappa shape index (κ1) is 15.9. The molecule has 0 spiro atoms. The molecule has 1 atom stereocenters. The number of nitrogens with two attached hydrogens (primary N) is 1. The standard InChI is InChI=1S/C16H16N8O2/c17-15(25)12-8-18-13-9-22(6-7-23(12)13)16(26)14(24-10-19-20-21-24)11-4-2-1-3-5-11/h1-5,8,10,14H,6-7,9H2,(H2,17,25)/t14-/m0/s1. The molecule has 2 amide bonds. The Labute approximate surface area is 148 Å². The molecule has 0 fully saturated rings. The van der Waals surface area contributed by atoms with Crippen molar-refractivity contribution < 1.29 is 9.59 Å². The minimum absolute atomic E-state index is 0.140. The minimum atomic E-state index is -0.664. The van der Waals surface area contributed by atoms with E-state index >= 15 is 0 Å². The van der Waals surface area contributed by atoms with Crippen LogP contribution >= 0.6 is 0 Å². The fraction of sp³-hybridized carbons (Fsp3) is 0.250. The number of fused-ring (bicyclic) bond motifs is 1. The third kappa shape index (κ3) is 2.70. The highest BCUT2D eigenvalue weighted by Crippen LogP contribution is 2.23. The van der Waals surface area contributed by atoms with E-state index in [2.05, 4.69) is 20.5 Å². The van der Waals surface area contributed by atoms with Crippen molar-refractivity contribution >= 4 is 11.8 Å². The number of amides is 2. The first-order valence-electron chi connectivity index (χ1n) is 8.05. The fourth-order valence-corrected chi connectivity index (χ4v) is 3.15. The van der Waals surface area contributed by atoms with E-state index < -0.39 is 11.9 Å². The number of aromatic nitrogens is 6. The molecule has 2 N–H and O–H groups in total. The maximum absolute atomic E-state index is 13.2. The van der Waals surface area contributed by atoms with Crippen LogP contribution in [0.25, 0.3) is 0 Å². The number of hydrogen-bond acceptors (Lipinski definition) is 6. The molecule has 0 saturated carbocycles. The summed E-state index contributed by atoms with van der Waals surface area (Å²) >= 11 is 0. The average molecular weight is 352 g/mol. The zero-order valence-electron chi connectivity index (χ0n) is 13.8. The molecule has 0 aliphatic carbocycles. The van der Waals surface area contributed by atoms with Gasteiger partial charge in [-0.1, -0.05) is 30.3 Å². The first-order valence-corrected chi connectivity index (χ1v) is 8.05. The summed E-state index contributed by atoms with van der Waals surface area (Å²) in [4.78, 5) is 30.6. The molecule has 1 aliphatic rings. The van der Waals surface area contributed by atoms with Gasteiger partial charge in [-0.15, -0.1) is 5.10 Å². The molecule has 3 aromatic rings. The van der Waals surface area contributed by atoms with Gasteiger partial charge in [0.15, 0.2) is 6.04 Å². The van der Waals surface area contributed by atoms with Crippen LogP contribution in [0.5, 0.6) is 0 Å². The number of hydrogen-bond donors (Lipinski definition) is 1. The Kier molecular flexibility index (Phi) is 3.92. The SMILES string of the molecule is NC(=O)c1cnc2n1CCN(C(=O)[C@H](c1ccccc1)n1cnnn1)C2. The van der Waals surface area contributed by atoms with E-state index in [-0.39, 0.29) is 12.5 Å². The molecule has 132 valence electrons. The second kappa shape index (κ2) is 6.39. The van der Waals surface area contributed by atoms with Crippen LogP contribution in [0.2, 0.25) is 0 Å². The van der Waals surface area contributed by atoms with E-state index in [1.165, 1.54) is 17.2 Å². The number of primary amides is 1. The third-order valence-electron chi connectivity index (χ3n) is 4.41. The van der Waals surface area contributed by atoms with Crippen LogP contribution in [0.15, 0.2) is 42.9 Å². The Bertz CT molecular complexity index is 935.